The Bertz CT molecular complexity index is 194. The fourth-order valence-electron chi connectivity index (χ4n) is 1.36. The molecule has 0 rings (SSSR count). The summed E-state index contributed by atoms with van der Waals surface area (Å²) in [6.45, 7) is 4.19. The molecule has 0 aliphatic carbocycles. The molecule has 0 spiro atoms. The highest BCUT2D eigenvalue weighted by molar-refractivity contribution is 5.80. The third kappa shape index (κ3) is 7.16. The van der Waals surface area contributed by atoms with E-state index in [0.29, 0.717) is 18.3 Å². The van der Waals surface area contributed by atoms with Gasteiger partial charge in [0.25, 0.3) is 0 Å². The highest BCUT2D eigenvalue weighted by Crippen LogP contribution is 2.02. The lowest BCUT2D eigenvalue weighted by Crippen LogP contribution is -2.34. The molecule has 0 heterocycles. The number of nitrogens with two attached hydrogens (primary N) is 1. The van der Waals surface area contributed by atoms with Crippen molar-refractivity contribution in [2.24, 2.45) is 10.9 Å². The van der Waals surface area contributed by atoms with E-state index in [2.05, 4.69) is 43.0 Å². The molecule has 5 nitrogen and oxygen atoms in total. The molecule has 0 aromatic carbocycles. The van der Waals surface area contributed by atoms with Crippen LogP contribution in [0.15, 0.2) is 5.16 Å². The summed E-state index contributed by atoms with van der Waals surface area (Å²) in [6.07, 6.45) is 1.74. The van der Waals surface area contributed by atoms with Crippen molar-refractivity contribution in [3.8, 4) is 0 Å². The van der Waals surface area contributed by atoms with E-state index in [1.54, 1.807) is 0 Å². The number of nitrogens with zero attached hydrogens (tertiary/aromatic N) is 3. The molecule has 15 heavy (non-hydrogen) atoms. The largest absolute Gasteiger partial charge is 0.409 e. The van der Waals surface area contributed by atoms with Crippen molar-refractivity contribution in [1.82, 2.24) is 9.80 Å². The van der Waals surface area contributed by atoms with E-state index in [4.69, 9.17) is 10.9 Å². The van der Waals surface area contributed by atoms with Gasteiger partial charge >= 0.3 is 0 Å². The van der Waals surface area contributed by atoms with E-state index in [1.807, 2.05) is 0 Å². The Morgan fingerprint density at radius 2 is 1.93 bits per heavy atom. The van der Waals surface area contributed by atoms with Crippen LogP contribution in [0.5, 0.6) is 0 Å². The summed E-state index contributed by atoms with van der Waals surface area (Å²) in [4.78, 5) is 4.39. The van der Waals surface area contributed by atoms with Crippen molar-refractivity contribution in [1.29, 1.82) is 0 Å². The second-order valence-corrected chi connectivity index (χ2v) is 4.28. The van der Waals surface area contributed by atoms with E-state index in [1.165, 1.54) is 0 Å². The van der Waals surface area contributed by atoms with Crippen molar-refractivity contribution < 1.29 is 5.21 Å². The quantitative estimate of drug-likeness (QED) is 0.280. The molecule has 0 aliphatic heterocycles. The summed E-state index contributed by atoms with van der Waals surface area (Å²) in [6, 6.07) is 0.308. The summed E-state index contributed by atoms with van der Waals surface area (Å²) in [5.41, 5.74) is 5.45. The van der Waals surface area contributed by atoms with Gasteiger partial charge in [-0.1, -0.05) is 5.16 Å². The average molecular weight is 216 g/mol. The fourth-order valence-corrected chi connectivity index (χ4v) is 1.36. The molecule has 5 heteroatoms. The third-order valence-electron chi connectivity index (χ3n) is 2.50. The Morgan fingerprint density at radius 1 is 1.33 bits per heavy atom. The normalized spacial score (nSPS) is 14.9. The molecular formula is C10H24N4O. The van der Waals surface area contributed by atoms with Crippen molar-refractivity contribution in [2.45, 2.75) is 25.8 Å². The topological polar surface area (TPSA) is 65.1 Å². The lowest BCUT2D eigenvalue weighted by Gasteiger charge is -2.24. The molecule has 0 aliphatic rings. The van der Waals surface area contributed by atoms with Gasteiger partial charge in [-0.25, -0.2) is 0 Å². The first-order valence-electron chi connectivity index (χ1n) is 5.28. The van der Waals surface area contributed by atoms with Gasteiger partial charge in [0.05, 0.1) is 0 Å². The summed E-state index contributed by atoms with van der Waals surface area (Å²) in [7, 11) is 6.20. The van der Waals surface area contributed by atoms with Crippen LogP contribution in [0.4, 0.5) is 0 Å². The smallest absolute Gasteiger partial charge is 0.140 e. The molecule has 1 atom stereocenters. The van der Waals surface area contributed by atoms with Gasteiger partial charge in [0.2, 0.25) is 0 Å². The van der Waals surface area contributed by atoms with Gasteiger partial charge in [0, 0.05) is 12.5 Å². The maximum absolute atomic E-state index is 8.45. The van der Waals surface area contributed by atoms with Gasteiger partial charge in [-0.2, -0.15) is 0 Å². The highest BCUT2D eigenvalue weighted by Gasteiger charge is 2.10. The number of hydrogen-bond acceptors (Lipinski definition) is 4. The predicted octanol–water partition coefficient (Wildman–Crippen LogP) is 0.395. The molecule has 0 radical (unpaired) electrons. The van der Waals surface area contributed by atoms with E-state index >= 15 is 0 Å². The predicted molar refractivity (Wildman–Crippen MR) is 63.3 cm³/mol. The Balaban J connectivity index is 3.74. The lowest BCUT2D eigenvalue weighted by molar-refractivity contribution is 0.243. The summed E-state index contributed by atoms with van der Waals surface area (Å²) in [5.74, 6) is 0.293. The monoisotopic (exact) mass is 216 g/mol. The maximum atomic E-state index is 8.45. The van der Waals surface area contributed by atoms with E-state index in [9.17, 15) is 0 Å². The standard InChI is InChI=1S/C10H24N4O/c1-9(8-10(11)12-15)14(4)7-5-6-13(2)3/h9,15H,5-8H2,1-4H3,(H2,11,12). The molecule has 0 saturated carbocycles. The van der Waals surface area contributed by atoms with Crippen molar-refractivity contribution in [2.75, 3.05) is 34.2 Å². The van der Waals surface area contributed by atoms with Gasteiger partial charge in [0.1, 0.15) is 5.84 Å². The Kier molecular flexibility index (Phi) is 7.07. The van der Waals surface area contributed by atoms with E-state index in [0.717, 1.165) is 19.5 Å². The zero-order valence-electron chi connectivity index (χ0n) is 10.3. The first-order valence-corrected chi connectivity index (χ1v) is 5.28. The molecular weight excluding hydrogens is 192 g/mol. The van der Waals surface area contributed by atoms with Crippen LogP contribution < -0.4 is 5.73 Å². The van der Waals surface area contributed by atoms with Crippen molar-refractivity contribution >= 4 is 5.84 Å². The molecule has 0 amide bonds. The van der Waals surface area contributed by atoms with Crippen LogP contribution in [0.3, 0.4) is 0 Å². The Hall–Kier alpha value is -0.810. The molecule has 0 aromatic rings. The summed E-state index contributed by atoms with van der Waals surface area (Å²) < 4.78 is 0. The Labute approximate surface area is 92.5 Å². The SMILES string of the molecule is CC(CC(N)=NO)N(C)CCCN(C)C. The maximum Gasteiger partial charge on any atom is 0.140 e. The van der Waals surface area contributed by atoms with Crippen LogP contribution in [0.2, 0.25) is 0 Å². The van der Waals surface area contributed by atoms with Gasteiger partial charge in [0.15, 0.2) is 0 Å². The number of rotatable bonds is 7. The summed E-state index contributed by atoms with van der Waals surface area (Å²) in [5, 5.41) is 11.4. The minimum Gasteiger partial charge on any atom is -0.409 e. The van der Waals surface area contributed by atoms with Gasteiger partial charge in [-0.3, -0.25) is 0 Å². The first kappa shape index (κ1) is 14.2. The molecule has 90 valence electrons. The van der Waals surface area contributed by atoms with Crippen molar-refractivity contribution in [3.05, 3.63) is 0 Å². The molecule has 0 fully saturated rings. The zero-order valence-corrected chi connectivity index (χ0v) is 10.3. The van der Waals surface area contributed by atoms with Gasteiger partial charge in [-0.05, 0) is 47.6 Å². The average Bonchev–Trinajstić information content (AvgIpc) is 2.16. The zero-order chi connectivity index (χ0) is 11.8. The number of hydrogen-bond donors (Lipinski definition) is 2. The number of amidine groups is 1. The molecule has 0 bridgehead atoms. The molecule has 3 N–H and O–H groups in total. The second kappa shape index (κ2) is 7.48. The van der Waals surface area contributed by atoms with Crippen LogP contribution in [-0.4, -0.2) is 61.1 Å². The van der Waals surface area contributed by atoms with Crippen molar-refractivity contribution in [3.63, 3.8) is 0 Å². The number of oxime groups is 1. The van der Waals surface area contributed by atoms with E-state index < -0.39 is 0 Å². The first-order chi connectivity index (χ1) is 6.97. The minimum atomic E-state index is 0.293. The van der Waals surface area contributed by atoms with Gasteiger partial charge < -0.3 is 20.7 Å². The van der Waals surface area contributed by atoms with Crippen LogP contribution in [0, 0.1) is 0 Å². The molecule has 0 saturated heterocycles. The summed E-state index contributed by atoms with van der Waals surface area (Å²) >= 11 is 0. The van der Waals surface area contributed by atoms with Gasteiger partial charge in [-0.15, -0.1) is 0 Å². The lowest BCUT2D eigenvalue weighted by atomic mass is 10.2. The third-order valence-corrected chi connectivity index (χ3v) is 2.50. The fraction of sp³-hybridized carbons (Fsp3) is 0.900. The molecule has 0 aromatic heterocycles. The van der Waals surface area contributed by atoms with E-state index in [-0.39, 0.29) is 0 Å². The molecule has 1 unspecified atom stereocenters. The Morgan fingerprint density at radius 3 is 2.40 bits per heavy atom. The van der Waals surface area contributed by atoms with Crippen LogP contribution >= 0.6 is 0 Å². The second-order valence-electron chi connectivity index (χ2n) is 4.28. The van der Waals surface area contributed by atoms with Crippen LogP contribution in [0.25, 0.3) is 0 Å². The highest BCUT2D eigenvalue weighted by atomic mass is 16.4. The van der Waals surface area contributed by atoms with Crippen LogP contribution in [-0.2, 0) is 0 Å². The van der Waals surface area contributed by atoms with Crippen LogP contribution in [0.1, 0.15) is 19.8 Å². The minimum absolute atomic E-state index is 0.293.